The van der Waals surface area contributed by atoms with E-state index in [4.69, 9.17) is 0 Å². The first-order valence-corrected chi connectivity index (χ1v) is 7.64. The lowest BCUT2D eigenvalue weighted by molar-refractivity contribution is 0.199. The normalized spacial score (nSPS) is 20.0. The molecule has 104 valence electrons. The number of aliphatic hydroxyl groups is 1. The summed E-state index contributed by atoms with van der Waals surface area (Å²) in [6, 6.07) is 7.08. The maximum atomic E-state index is 11.8. The molecule has 0 aromatic heterocycles. The van der Waals surface area contributed by atoms with Gasteiger partial charge in [0.15, 0.2) is 0 Å². The number of benzene rings is 1. The van der Waals surface area contributed by atoms with E-state index in [0.717, 1.165) is 5.56 Å². The summed E-state index contributed by atoms with van der Waals surface area (Å²) in [6.07, 6.45) is 1.90. The molecule has 2 unspecified atom stereocenters. The summed E-state index contributed by atoms with van der Waals surface area (Å²) >= 11 is 1.92. The van der Waals surface area contributed by atoms with Gasteiger partial charge >= 0.3 is 6.03 Å². The smallest absolute Gasteiger partial charge is 0.319 e. The molecule has 2 rings (SSSR count). The Morgan fingerprint density at radius 2 is 2.42 bits per heavy atom. The molecule has 0 radical (unpaired) electrons. The summed E-state index contributed by atoms with van der Waals surface area (Å²) in [7, 11) is 0. The average molecular weight is 280 g/mol. The standard InChI is InChI=1S/C14H20N2O2S/c1-10(17)11-4-2-5-12(8-11)16-14(18)15-9-13-6-3-7-19-13/h2,4-5,8,10,13,17H,3,6-7,9H2,1H3,(H2,15,16,18). The van der Waals surface area contributed by atoms with Crippen molar-refractivity contribution in [2.45, 2.75) is 31.1 Å². The zero-order valence-electron chi connectivity index (χ0n) is 11.1. The monoisotopic (exact) mass is 280 g/mol. The van der Waals surface area contributed by atoms with Gasteiger partial charge in [-0.25, -0.2) is 4.79 Å². The van der Waals surface area contributed by atoms with E-state index in [9.17, 15) is 9.90 Å². The van der Waals surface area contributed by atoms with Gasteiger partial charge in [0.05, 0.1) is 6.10 Å². The molecule has 1 heterocycles. The third-order valence-corrected chi connectivity index (χ3v) is 4.54. The highest BCUT2D eigenvalue weighted by Crippen LogP contribution is 2.25. The van der Waals surface area contributed by atoms with Crippen molar-refractivity contribution in [3.63, 3.8) is 0 Å². The van der Waals surface area contributed by atoms with Gasteiger partial charge in [0.25, 0.3) is 0 Å². The zero-order chi connectivity index (χ0) is 13.7. The van der Waals surface area contributed by atoms with Gasteiger partial charge in [-0.05, 0) is 43.2 Å². The molecule has 0 spiro atoms. The van der Waals surface area contributed by atoms with E-state index < -0.39 is 6.10 Å². The fraction of sp³-hybridized carbons (Fsp3) is 0.500. The fourth-order valence-corrected chi connectivity index (χ4v) is 3.26. The predicted octanol–water partition coefficient (Wildman–Crippen LogP) is 2.76. The van der Waals surface area contributed by atoms with Crippen LogP contribution in [0.1, 0.15) is 31.4 Å². The molecule has 5 heteroatoms. The molecule has 2 amide bonds. The lowest BCUT2D eigenvalue weighted by atomic mass is 10.1. The van der Waals surface area contributed by atoms with E-state index in [1.165, 1.54) is 18.6 Å². The highest BCUT2D eigenvalue weighted by Gasteiger charge is 2.16. The SMILES string of the molecule is CC(O)c1cccc(NC(=O)NCC2CCCS2)c1. The van der Waals surface area contributed by atoms with E-state index in [1.807, 2.05) is 30.0 Å². The lowest BCUT2D eigenvalue weighted by Gasteiger charge is -2.12. The Morgan fingerprint density at radius 1 is 1.58 bits per heavy atom. The van der Waals surface area contributed by atoms with Crippen LogP contribution in [0.25, 0.3) is 0 Å². The lowest BCUT2D eigenvalue weighted by Crippen LogP contribution is -2.33. The molecule has 1 saturated heterocycles. The van der Waals surface area contributed by atoms with Gasteiger partial charge in [-0.3, -0.25) is 0 Å². The second kappa shape index (κ2) is 6.82. The molecule has 0 saturated carbocycles. The molecule has 1 aromatic carbocycles. The fourth-order valence-electron chi connectivity index (χ4n) is 2.06. The first kappa shape index (κ1) is 14.2. The van der Waals surface area contributed by atoms with Crippen LogP contribution in [0.15, 0.2) is 24.3 Å². The molecule has 2 atom stereocenters. The molecule has 4 nitrogen and oxygen atoms in total. The van der Waals surface area contributed by atoms with Crippen molar-refractivity contribution in [3.05, 3.63) is 29.8 Å². The Kier molecular flexibility index (Phi) is 5.10. The molecule has 0 bridgehead atoms. The number of aliphatic hydroxyl groups excluding tert-OH is 1. The zero-order valence-corrected chi connectivity index (χ0v) is 11.9. The molecular formula is C14H20N2O2S. The van der Waals surface area contributed by atoms with Gasteiger partial charge in [-0.15, -0.1) is 0 Å². The number of urea groups is 1. The number of hydrogen-bond donors (Lipinski definition) is 3. The number of hydrogen-bond acceptors (Lipinski definition) is 3. The maximum absolute atomic E-state index is 11.8. The Bertz CT molecular complexity index is 431. The summed E-state index contributed by atoms with van der Waals surface area (Å²) in [5.41, 5.74) is 1.50. The third-order valence-electron chi connectivity index (χ3n) is 3.14. The van der Waals surface area contributed by atoms with Crippen molar-refractivity contribution in [2.75, 3.05) is 17.6 Å². The van der Waals surface area contributed by atoms with Crippen LogP contribution in [0.3, 0.4) is 0 Å². The average Bonchev–Trinajstić information content (AvgIpc) is 2.90. The van der Waals surface area contributed by atoms with Gasteiger partial charge in [0, 0.05) is 17.5 Å². The number of nitrogens with one attached hydrogen (secondary N) is 2. The van der Waals surface area contributed by atoms with Crippen LogP contribution in [0, 0.1) is 0 Å². The first-order valence-electron chi connectivity index (χ1n) is 6.59. The van der Waals surface area contributed by atoms with E-state index >= 15 is 0 Å². The molecule has 19 heavy (non-hydrogen) atoms. The van der Waals surface area contributed by atoms with E-state index in [1.54, 1.807) is 13.0 Å². The van der Waals surface area contributed by atoms with Gasteiger partial charge in [0.2, 0.25) is 0 Å². The molecule has 1 aromatic rings. The van der Waals surface area contributed by atoms with E-state index in [-0.39, 0.29) is 6.03 Å². The number of carbonyl (C=O) groups excluding carboxylic acids is 1. The quantitative estimate of drug-likeness (QED) is 0.794. The highest BCUT2D eigenvalue weighted by molar-refractivity contribution is 8.00. The van der Waals surface area contributed by atoms with Gasteiger partial charge in [0.1, 0.15) is 0 Å². The van der Waals surface area contributed by atoms with Crippen LogP contribution in [-0.4, -0.2) is 28.7 Å². The van der Waals surface area contributed by atoms with E-state index in [0.29, 0.717) is 17.5 Å². The topological polar surface area (TPSA) is 61.4 Å². The molecule has 0 aliphatic carbocycles. The summed E-state index contributed by atoms with van der Waals surface area (Å²) in [5.74, 6) is 1.20. The van der Waals surface area contributed by atoms with Crippen molar-refractivity contribution in [1.29, 1.82) is 0 Å². The summed E-state index contributed by atoms with van der Waals surface area (Å²) in [5, 5.41) is 15.7. The summed E-state index contributed by atoms with van der Waals surface area (Å²) < 4.78 is 0. The Balaban J connectivity index is 1.82. The van der Waals surface area contributed by atoms with Crippen LogP contribution in [0.2, 0.25) is 0 Å². The van der Waals surface area contributed by atoms with Gasteiger partial charge in [-0.1, -0.05) is 12.1 Å². The van der Waals surface area contributed by atoms with Gasteiger partial charge in [-0.2, -0.15) is 11.8 Å². The van der Waals surface area contributed by atoms with Crippen LogP contribution >= 0.6 is 11.8 Å². The van der Waals surface area contributed by atoms with Crippen LogP contribution in [-0.2, 0) is 0 Å². The molecule has 1 aliphatic heterocycles. The Morgan fingerprint density at radius 3 is 3.11 bits per heavy atom. The summed E-state index contributed by atoms with van der Waals surface area (Å²) in [6.45, 7) is 2.42. The van der Waals surface area contributed by atoms with Crippen molar-refractivity contribution < 1.29 is 9.90 Å². The first-order chi connectivity index (χ1) is 9.15. The van der Waals surface area contributed by atoms with E-state index in [2.05, 4.69) is 10.6 Å². The van der Waals surface area contributed by atoms with Crippen LogP contribution in [0.4, 0.5) is 10.5 Å². The summed E-state index contributed by atoms with van der Waals surface area (Å²) in [4.78, 5) is 11.8. The van der Waals surface area contributed by atoms with Crippen LogP contribution < -0.4 is 10.6 Å². The minimum absolute atomic E-state index is 0.185. The minimum atomic E-state index is -0.528. The minimum Gasteiger partial charge on any atom is -0.389 e. The number of anilines is 1. The molecule has 1 fully saturated rings. The Hall–Kier alpha value is -1.20. The predicted molar refractivity (Wildman–Crippen MR) is 79.6 cm³/mol. The second-order valence-electron chi connectivity index (χ2n) is 4.77. The number of carbonyl (C=O) groups is 1. The second-order valence-corrected chi connectivity index (χ2v) is 6.18. The number of rotatable bonds is 4. The third kappa shape index (κ3) is 4.44. The van der Waals surface area contributed by atoms with Crippen molar-refractivity contribution in [3.8, 4) is 0 Å². The number of thioether (sulfide) groups is 1. The maximum Gasteiger partial charge on any atom is 0.319 e. The van der Waals surface area contributed by atoms with Crippen LogP contribution in [0.5, 0.6) is 0 Å². The van der Waals surface area contributed by atoms with Gasteiger partial charge < -0.3 is 15.7 Å². The molecule has 1 aliphatic rings. The molecule has 3 N–H and O–H groups in total. The van der Waals surface area contributed by atoms with Crippen molar-refractivity contribution in [1.82, 2.24) is 5.32 Å². The molecular weight excluding hydrogens is 260 g/mol. The largest absolute Gasteiger partial charge is 0.389 e. The number of amides is 2. The van der Waals surface area contributed by atoms with Crippen molar-refractivity contribution >= 4 is 23.5 Å². The Labute approximate surface area is 118 Å². The highest BCUT2D eigenvalue weighted by atomic mass is 32.2. The van der Waals surface area contributed by atoms with Crippen molar-refractivity contribution in [2.24, 2.45) is 0 Å².